The Kier molecular flexibility index (Phi) is 3.95. The van der Waals surface area contributed by atoms with Crippen LogP contribution in [0.2, 0.25) is 0 Å². The lowest BCUT2D eigenvalue weighted by atomic mass is 9.93. The molecule has 1 amide bonds. The molecule has 2 aromatic heterocycles. The summed E-state index contributed by atoms with van der Waals surface area (Å²) in [5.74, 6) is -3.89. The number of hydrogen-bond acceptors (Lipinski definition) is 3. The molecule has 5 rings (SSSR count). The number of aryl methyl sites for hydroxylation is 3. The fraction of sp³-hybridized carbons (Fsp3) is 0.391. The van der Waals surface area contributed by atoms with Gasteiger partial charge in [-0.1, -0.05) is 18.2 Å². The zero-order valence-electron chi connectivity index (χ0n) is 17.8. The van der Waals surface area contributed by atoms with Gasteiger partial charge >= 0.3 is 0 Å². The van der Waals surface area contributed by atoms with Crippen LogP contribution in [0.3, 0.4) is 0 Å². The van der Waals surface area contributed by atoms with Crippen LogP contribution in [0.4, 0.5) is 8.78 Å². The smallest absolute Gasteiger partial charge is 0.265 e. The molecule has 1 saturated carbocycles. The van der Waals surface area contributed by atoms with Crippen molar-refractivity contribution in [3.05, 3.63) is 63.7 Å². The lowest BCUT2D eigenvalue weighted by Crippen LogP contribution is -2.38. The summed E-state index contributed by atoms with van der Waals surface area (Å²) in [5, 5.41) is 0.327. The Labute approximate surface area is 177 Å². The first-order chi connectivity index (χ1) is 14.6. The summed E-state index contributed by atoms with van der Waals surface area (Å²) in [7, 11) is 4.87. The van der Waals surface area contributed by atoms with Crippen LogP contribution in [-0.2, 0) is 19.5 Å². The number of rotatable bonds is 3. The zero-order chi connectivity index (χ0) is 22.3. The van der Waals surface area contributed by atoms with E-state index < -0.39 is 23.2 Å². The quantitative estimate of drug-likeness (QED) is 0.646. The number of aromatic nitrogens is 2. The standard InChI is InChI=1S/C23H23F2N3O3/c1-13-9-27(3)21(30)18-14(10-26(2)19(13)18)20(29)28-11-17-22(12-28,23(17,24)25)15-7-5-6-8-16(15)31-4/h5-10,17H,11-12H2,1-4H3. The van der Waals surface area contributed by atoms with Crippen LogP contribution in [0.5, 0.6) is 5.75 Å². The van der Waals surface area contributed by atoms with Gasteiger partial charge in [0, 0.05) is 45.1 Å². The zero-order valence-corrected chi connectivity index (χ0v) is 17.8. The molecule has 31 heavy (non-hydrogen) atoms. The number of ether oxygens (including phenoxy) is 1. The number of nitrogens with zero attached hydrogens (tertiary/aromatic N) is 3. The summed E-state index contributed by atoms with van der Waals surface area (Å²) >= 11 is 0. The van der Waals surface area contributed by atoms with Crippen LogP contribution in [-0.4, -0.2) is 46.1 Å². The van der Waals surface area contributed by atoms with Crippen LogP contribution >= 0.6 is 0 Å². The van der Waals surface area contributed by atoms with Crippen molar-refractivity contribution in [3.8, 4) is 5.75 Å². The molecule has 2 fully saturated rings. The van der Waals surface area contributed by atoms with Gasteiger partial charge < -0.3 is 18.8 Å². The van der Waals surface area contributed by atoms with Gasteiger partial charge in [-0.05, 0) is 18.6 Å². The lowest BCUT2D eigenvalue weighted by Gasteiger charge is -2.24. The van der Waals surface area contributed by atoms with Gasteiger partial charge in [0.05, 0.1) is 34.9 Å². The number of pyridine rings is 1. The molecule has 2 unspecified atom stereocenters. The second kappa shape index (κ2) is 6.18. The molecule has 0 N–H and O–H groups in total. The number of alkyl halides is 2. The molecule has 1 aromatic carbocycles. The van der Waals surface area contributed by atoms with Crippen LogP contribution < -0.4 is 10.3 Å². The molecule has 6 nitrogen and oxygen atoms in total. The van der Waals surface area contributed by atoms with E-state index in [1.165, 1.54) is 16.6 Å². The fourth-order valence-corrected chi connectivity index (χ4v) is 5.46. The highest BCUT2D eigenvalue weighted by atomic mass is 19.3. The molecule has 1 saturated heterocycles. The molecule has 1 aliphatic heterocycles. The minimum Gasteiger partial charge on any atom is -0.496 e. The molecule has 0 spiro atoms. The monoisotopic (exact) mass is 427 g/mol. The molecule has 8 heteroatoms. The average molecular weight is 427 g/mol. The van der Waals surface area contributed by atoms with E-state index in [0.29, 0.717) is 22.2 Å². The number of hydrogen-bond donors (Lipinski definition) is 0. The summed E-state index contributed by atoms with van der Waals surface area (Å²) < 4.78 is 38.4. The number of carbonyl (C=O) groups excluding carboxylic acids is 1. The van der Waals surface area contributed by atoms with E-state index in [0.717, 1.165) is 5.56 Å². The number of methoxy groups -OCH3 is 1. The first-order valence-electron chi connectivity index (χ1n) is 10.1. The van der Waals surface area contributed by atoms with Gasteiger partial charge in [-0.15, -0.1) is 0 Å². The van der Waals surface area contributed by atoms with E-state index in [1.54, 1.807) is 55.3 Å². The summed E-state index contributed by atoms with van der Waals surface area (Å²) in [5.41, 5.74) is 0.481. The Balaban J connectivity index is 1.58. The van der Waals surface area contributed by atoms with Gasteiger partial charge in [0.25, 0.3) is 17.4 Å². The van der Waals surface area contributed by atoms with Crippen LogP contribution in [0.15, 0.2) is 41.5 Å². The number of benzene rings is 1. The van der Waals surface area contributed by atoms with Crippen molar-refractivity contribution in [3.63, 3.8) is 0 Å². The first kappa shape index (κ1) is 19.8. The van der Waals surface area contributed by atoms with Gasteiger partial charge in [-0.3, -0.25) is 9.59 Å². The number of likely N-dealkylation sites (tertiary alicyclic amines) is 1. The number of fused-ring (bicyclic) bond motifs is 2. The second-order valence-electron chi connectivity index (χ2n) is 8.64. The summed E-state index contributed by atoms with van der Waals surface area (Å²) in [4.78, 5) is 27.7. The van der Waals surface area contributed by atoms with Gasteiger partial charge in [0.15, 0.2) is 0 Å². The second-order valence-corrected chi connectivity index (χ2v) is 8.64. The van der Waals surface area contributed by atoms with Crippen LogP contribution in [0.1, 0.15) is 21.5 Å². The molecule has 1 aliphatic carbocycles. The van der Waals surface area contributed by atoms with Gasteiger partial charge in [0.1, 0.15) is 5.75 Å². The maximum absolute atomic E-state index is 14.9. The third kappa shape index (κ3) is 2.36. The number of amides is 1. The number of carbonyl (C=O) groups is 1. The minimum absolute atomic E-state index is 0.0631. The van der Waals surface area contributed by atoms with E-state index in [1.807, 2.05) is 6.92 Å². The Morgan fingerprint density at radius 3 is 2.58 bits per heavy atom. The SMILES string of the molecule is COc1ccccc1C12CN(C(=O)c3cn(C)c4c(C)cn(C)c(=O)c34)CC1C2(F)F. The minimum atomic E-state index is -2.91. The van der Waals surface area contributed by atoms with Crippen molar-refractivity contribution in [2.45, 2.75) is 18.3 Å². The fourth-order valence-electron chi connectivity index (χ4n) is 5.46. The molecule has 3 heterocycles. The number of para-hydroxylation sites is 1. The Bertz CT molecular complexity index is 1310. The highest BCUT2D eigenvalue weighted by molar-refractivity contribution is 6.07. The lowest BCUT2D eigenvalue weighted by molar-refractivity contribution is 0.0390. The highest BCUT2D eigenvalue weighted by Crippen LogP contribution is 2.71. The van der Waals surface area contributed by atoms with E-state index in [4.69, 9.17) is 4.74 Å². The largest absolute Gasteiger partial charge is 0.496 e. The van der Waals surface area contributed by atoms with Gasteiger partial charge in [0.2, 0.25) is 0 Å². The van der Waals surface area contributed by atoms with E-state index in [9.17, 15) is 18.4 Å². The molecule has 2 atom stereocenters. The van der Waals surface area contributed by atoms with Crippen molar-refractivity contribution >= 4 is 16.8 Å². The summed E-state index contributed by atoms with van der Waals surface area (Å²) in [6.45, 7) is 1.69. The third-order valence-corrected chi connectivity index (χ3v) is 6.97. The summed E-state index contributed by atoms with van der Waals surface area (Å²) in [6.07, 6.45) is 3.35. The molecule has 0 bridgehead atoms. The molecule has 162 valence electrons. The van der Waals surface area contributed by atoms with Crippen molar-refractivity contribution in [1.82, 2.24) is 14.0 Å². The molecular formula is C23H23F2N3O3. The van der Waals surface area contributed by atoms with Gasteiger partial charge in [-0.25, -0.2) is 8.78 Å². The predicted octanol–water partition coefficient (Wildman–Crippen LogP) is 2.85. The topological polar surface area (TPSA) is 56.5 Å². The maximum atomic E-state index is 14.9. The highest BCUT2D eigenvalue weighted by Gasteiger charge is 2.85. The molecule has 0 radical (unpaired) electrons. The Hall–Kier alpha value is -3.16. The Morgan fingerprint density at radius 2 is 1.87 bits per heavy atom. The third-order valence-electron chi connectivity index (χ3n) is 6.97. The van der Waals surface area contributed by atoms with Crippen molar-refractivity contribution in [2.75, 3.05) is 20.2 Å². The average Bonchev–Trinajstić information content (AvgIpc) is 3.11. The van der Waals surface area contributed by atoms with Crippen molar-refractivity contribution in [2.24, 2.45) is 20.0 Å². The maximum Gasteiger partial charge on any atom is 0.265 e. The Morgan fingerprint density at radius 1 is 1.16 bits per heavy atom. The van der Waals surface area contributed by atoms with E-state index in [-0.39, 0.29) is 24.2 Å². The first-order valence-corrected chi connectivity index (χ1v) is 10.1. The molecule has 2 aliphatic rings. The van der Waals surface area contributed by atoms with Crippen LogP contribution in [0, 0.1) is 12.8 Å². The number of piperidine rings is 1. The molecular weight excluding hydrogens is 404 g/mol. The number of halogens is 2. The molecule has 3 aromatic rings. The van der Waals surface area contributed by atoms with Crippen LogP contribution in [0.25, 0.3) is 10.9 Å². The van der Waals surface area contributed by atoms with E-state index in [2.05, 4.69) is 0 Å². The van der Waals surface area contributed by atoms with Crippen molar-refractivity contribution in [1.29, 1.82) is 0 Å². The summed E-state index contributed by atoms with van der Waals surface area (Å²) in [6, 6.07) is 6.76. The van der Waals surface area contributed by atoms with E-state index >= 15 is 0 Å². The van der Waals surface area contributed by atoms with Crippen molar-refractivity contribution < 1.29 is 18.3 Å². The van der Waals surface area contributed by atoms with Gasteiger partial charge in [-0.2, -0.15) is 0 Å². The predicted molar refractivity (Wildman–Crippen MR) is 112 cm³/mol. The normalized spacial score (nSPS) is 23.8.